The Morgan fingerprint density at radius 1 is 1.13 bits per heavy atom. The number of benzene rings is 2. The van der Waals surface area contributed by atoms with Crippen LogP contribution in [-0.4, -0.2) is 34.6 Å². The molecule has 0 spiro atoms. The van der Waals surface area contributed by atoms with Gasteiger partial charge in [-0.1, -0.05) is 42.5 Å². The lowest BCUT2D eigenvalue weighted by Gasteiger charge is -2.16. The topological polar surface area (TPSA) is 58.2 Å². The van der Waals surface area contributed by atoms with E-state index in [1.807, 2.05) is 54.6 Å². The Kier molecular flexibility index (Phi) is 4.57. The number of amides is 1. The summed E-state index contributed by atoms with van der Waals surface area (Å²) in [5, 5.41) is 0. The van der Waals surface area contributed by atoms with Gasteiger partial charge in [0.1, 0.15) is 12.4 Å². The number of H-pyrrole nitrogens is 1. The number of fused-ring (bicyclic) bond motifs is 1. The van der Waals surface area contributed by atoms with Crippen LogP contribution in [0.25, 0.3) is 11.0 Å². The van der Waals surface area contributed by atoms with Crippen molar-refractivity contribution in [3.8, 4) is 0 Å². The number of likely N-dealkylation sites (N-methyl/N-ethyl adjacent to an activating group) is 1. The normalized spacial score (nSPS) is 10.7. The second-order valence-electron chi connectivity index (χ2n) is 5.41. The second kappa shape index (κ2) is 6.96. The molecule has 3 rings (SSSR count). The molecule has 1 amide bonds. The highest BCUT2D eigenvalue weighted by Gasteiger charge is 2.11. The number of carbonyl (C=O) groups excluding carboxylic acids is 1. The average Bonchev–Trinajstić information content (AvgIpc) is 3.01. The standard InChI is InChI=1S/C18H19N3O2/c1-21(18(22)23-13-14-7-3-2-4-8-14)12-11-17-19-15-9-5-6-10-16(15)20-17/h2-10H,11-13H2,1H3,(H,19,20). The van der Waals surface area contributed by atoms with E-state index in [9.17, 15) is 4.79 Å². The molecule has 0 unspecified atom stereocenters. The van der Waals surface area contributed by atoms with Gasteiger partial charge in [0.15, 0.2) is 0 Å². The Balaban J connectivity index is 1.50. The van der Waals surface area contributed by atoms with Gasteiger partial charge in [-0.05, 0) is 17.7 Å². The van der Waals surface area contributed by atoms with Crippen LogP contribution in [0.3, 0.4) is 0 Å². The van der Waals surface area contributed by atoms with Crippen LogP contribution >= 0.6 is 0 Å². The maximum absolute atomic E-state index is 12.0. The summed E-state index contributed by atoms with van der Waals surface area (Å²) in [5.41, 5.74) is 2.93. The van der Waals surface area contributed by atoms with Gasteiger partial charge in [-0.25, -0.2) is 9.78 Å². The molecule has 0 aliphatic carbocycles. The summed E-state index contributed by atoms with van der Waals surface area (Å²) >= 11 is 0. The van der Waals surface area contributed by atoms with Crippen molar-refractivity contribution < 1.29 is 9.53 Å². The van der Waals surface area contributed by atoms with E-state index in [2.05, 4.69) is 9.97 Å². The molecule has 1 N–H and O–H groups in total. The van der Waals surface area contributed by atoms with Crippen LogP contribution in [0.15, 0.2) is 54.6 Å². The molecular weight excluding hydrogens is 290 g/mol. The van der Waals surface area contributed by atoms with E-state index in [-0.39, 0.29) is 12.7 Å². The molecule has 5 heteroatoms. The number of hydrogen-bond acceptors (Lipinski definition) is 3. The lowest BCUT2D eigenvalue weighted by molar-refractivity contribution is 0.105. The summed E-state index contributed by atoms with van der Waals surface area (Å²) in [7, 11) is 1.73. The van der Waals surface area contributed by atoms with E-state index in [0.29, 0.717) is 13.0 Å². The first-order valence-electron chi connectivity index (χ1n) is 7.58. The molecular formula is C18H19N3O2. The number of aromatic nitrogens is 2. The van der Waals surface area contributed by atoms with Gasteiger partial charge >= 0.3 is 6.09 Å². The second-order valence-corrected chi connectivity index (χ2v) is 5.41. The third-order valence-electron chi connectivity index (χ3n) is 3.64. The number of imidazole rings is 1. The lowest BCUT2D eigenvalue weighted by atomic mass is 10.2. The molecule has 0 atom stereocenters. The van der Waals surface area contributed by atoms with Crippen LogP contribution in [0, 0.1) is 0 Å². The first kappa shape index (κ1) is 15.1. The third-order valence-corrected chi connectivity index (χ3v) is 3.64. The highest BCUT2D eigenvalue weighted by molar-refractivity contribution is 5.74. The van der Waals surface area contributed by atoms with Crippen LogP contribution < -0.4 is 0 Å². The van der Waals surface area contributed by atoms with Crippen molar-refractivity contribution in [2.24, 2.45) is 0 Å². The number of hydrogen-bond donors (Lipinski definition) is 1. The van der Waals surface area contributed by atoms with Crippen molar-refractivity contribution in [1.82, 2.24) is 14.9 Å². The molecule has 5 nitrogen and oxygen atoms in total. The molecule has 0 fully saturated rings. The smallest absolute Gasteiger partial charge is 0.409 e. The van der Waals surface area contributed by atoms with Crippen LogP contribution in [0.2, 0.25) is 0 Å². The first-order valence-corrected chi connectivity index (χ1v) is 7.58. The first-order chi connectivity index (χ1) is 11.2. The zero-order valence-corrected chi connectivity index (χ0v) is 13.0. The minimum atomic E-state index is -0.329. The summed E-state index contributed by atoms with van der Waals surface area (Å²) in [4.78, 5) is 21.3. The predicted octanol–water partition coefficient (Wildman–Crippen LogP) is 3.37. The fraction of sp³-hybridized carbons (Fsp3) is 0.222. The average molecular weight is 309 g/mol. The minimum Gasteiger partial charge on any atom is -0.445 e. The Bertz CT molecular complexity index is 750. The van der Waals surface area contributed by atoms with Gasteiger partial charge in [-0.3, -0.25) is 0 Å². The number of nitrogens with zero attached hydrogens (tertiary/aromatic N) is 2. The Morgan fingerprint density at radius 3 is 2.65 bits per heavy atom. The number of carbonyl (C=O) groups is 1. The van der Waals surface area contributed by atoms with Gasteiger partial charge in [0, 0.05) is 20.0 Å². The fourth-order valence-corrected chi connectivity index (χ4v) is 2.32. The Labute approximate surface area is 134 Å². The summed E-state index contributed by atoms with van der Waals surface area (Å²) in [5.74, 6) is 0.869. The maximum atomic E-state index is 12.0. The van der Waals surface area contributed by atoms with Crippen LogP contribution in [0.4, 0.5) is 4.79 Å². The Hall–Kier alpha value is -2.82. The van der Waals surface area contributed by atoms with Gasteiger partial charge in [0.05, 0.1) is 11.0 Å². The van der Waals surface area contributed by atoms with Crippen molar-refractivity contribution in [2.45, 2.75) is 13.0 Å². The molecule has 0 aliphatic rings. The van der Waals surface area contributed by atoms with E-state index >= 15 is 0 Å². The fourth-order valence-electron chi connectivity index (χ4n) is 2.32. The number of nitrogens with one attached hydrogen (secondary N) is 1. The van der Waals surface area contributed by atoms with Gasteiger partial charge in [0.2, 0.25) is 0 Å². The summed E-state index contributed by atoms with van der Waals surface area (Å²) in [6.07, 6.45) is 0.330. The maximum Gasteiger partial charge on any atom is 0.409 e. The van der Waals surface area contributed by atoms with E-state index in [1.165, 1.54) is 0 Å². The molecule has 1 aromatic heterocycles. The predicted molar refractivity (Wildman–Crippen MR) is 89.1 cm³/mol. The van der Waals surface area contributed by atoms with Crippen LogP contribution in [-0.2, 0) is 17.8 Å². The molecule has 1 heterocycles. The van der Waals surface area contributed by atoms with E-state index in [0.717, 1.165) is 22.4 Å². The third kappa shape index (κ3) is 3.88. The van der Waals surface area contributed by atoms with Crippen molar-refractivity contribution in [3.63, 3.8) is 0 Å². The molecule has 0 saturated heterocycles. The number of rotatable bonds is 5. The van der Waals surface area contributed by atoms with Gasteiger partial charge in [-0.2, -0.15) is 0 Å². The molecule has 2 aromatic carbocycles. The Morgan fingerprint density at radius 2 is 1.87 bits per heavy atom. The largest absolute Gasteiger partial charge is 0.445 e. The molecule has 23 heavy (non-hydrogen) atoms. The van der Waals surface area contributed by atoms with E-state index in [4.69, 9.17) is 4.74 Å². The van der Waals surface area contributed by atoms with Crippen molar-refractivity contribution in [3.05, 3.63) is 66.0 Å². The lowest BCUT2D eigenvalue weighted by Crippen LogP contribution is -2.29. The van der Waals surface area contributed by atoms with Crippen molar-refractivity contribution in [2.75, 3.05) is 13.6 Å². The zero-order chi connectivity index (χ0) is 16.1. The number of para-hydroxylation sites is 2. The highest BCUT2D eigenvalue weighted by atomic mass is 16.6. The van der Waals surface area contributed by atoms with Crippen molar-refractivity contribution >= 4 is 17.1 Å². The minimum absolute atomic E-state index is 0.286. The summed E-state index contributed by atoms with van der Waals surface area (Å²) in [6, 6.07) is 17.5. The van der Waals surface area contributed by atoms with E-state index < -0.39 is 0 Å². The molecule has 0 radical (unpaired) electrons. The molecule has 0 saturated carbocycles. The highest BCUT2D eigenvalue weighted by Crippen LogP contribution is 2.11. The van der Waals surface area contributed by atoms with Crippen molar-refractivity contribution in [1.29, 1.82) is 0 Å². The van der Waals surface area contributed by atoms with Gasteiger partial charge in [0.25, 0.3) is 0 Å². The quantitative estimate of drug-likeness (QED) is 0.786. The van der Waals surface area contributed by atoms with E-state index in [1.54, 1.807) is 11.9 Å². The molecule has 0 bridgehead atoms. The number of ether oxygens (including phenoxy) is 1. The van der Waals surface area contributed by atoms with Gasteiger partial charge < -0.3 is 14.6 Å². The SMILES string of the molecule is CN(CCc1nc2ccccc2[nH]1)C(=O)OCc1ccccc1. The van der Waals surface area contributed by atoms with Crippen LogP contribution in [0.1, 0.15) is 11.4 Å². The monoisotopic (exact) mass is 309 g/mol. The molecule has 118 valence electrons. The zero-order valence-electron chi connectivity index (χ0n) is 13.0. The van der Waals surface area contributed by atoms with Gasteiger partial charge in [-0.15, -0.1) is 0 Å². The number of aromatic amines is 1. The summed E-state index contributed by atoms with van der Waals surface area (Å²) < 4.78 is 5.29. The molecule has 3 aromatic rings. The van der Waals surface area contributed by atoms with Crippen LogP contribution in [0.5, 0.6) is 0 Å². The summed E-state index contributed by atoms with van der Waals surface area (Å²) in [6.45, 7) is 0.835. The molecule has 0 aliphatic heterocycles.